The van der Waals surface area contributed by atoms with Crippen LogP contribution in [0.3, 0.4) is 0 Å². The summed E-state index contributed by atoms with van der Waals surface area (Å²) >= 11 is 5.10. The Kier molecular flexibility index (Phi) is 4.98. The van der Waals surface area contributed by atoms with E-state index in [4.69, 9.17) is 6.57 Å². The number of aliphatic hydroxyl groups is 1. The summed E-state index contributed by atoms with van der Waals surface area (Å²) in [6.45, 7) is 13.0. The third kappa shape index (κ3) is 3.31. The van der Waals surface area contributed by atoms with E-state index in [1.54, 1.807) is 34.0 Å². The standard InChI is InChI=1S/C24H21N3OS3/c1-24(2)15-11-14(12-18(25-3)23-26-17-7-5-6-8-19(17)30-23)29-21(15)22-16(24)13-20(31-22)27(4)9-10-28/h5-8,11-13,28H,9-10H2,1-2,4H3/b18-12-. The van der Waals surface area contributed by atoms with Crippen LogP contribution in [0.4, 0.5) is 5.00 Å². The third-order valence-corrected chi connectivity index (χ3v) is 9.30. The van der Waals surface area contributed by atoms with E-state index in [1.165, 1.54) is 25.9 Å². The van der Waals surface area contributed by atoms with Gasteiger partial charge in [0, 0.05) is 28.8 Å². The van der Waals surface area contributed by atoms with Crippen LogP contribution < -0.4 is 4.90 Å². The third-order valence-electron chi connectivity index (χ3n) is 5.75. The van der Waals surface area contributed by atoms with Gasteiger partial charge in [-0.2, -0.15) is 0 Å². The van der Waals surface area contributed by atoms with Gasteiger partial charge in [0.2, 0.25) is 5.70 Å². The summed E-state index contributed by atoms with van der Waals surface area (Å²) in [6.07, 6.45) is 1.98. The summed E-state index contributed by atoms with van der Waals surface area (Å²) in [4.78, 5) is 14.3. The van der Waals surface area contributed by atoms with Gasteiger partial charge >= 0.3 is 0 Å². The van der Waals surface area contributed by atoms with Crippen LogP contribution in [0.25, 0.3) is 36.6 Å². The molecule has 3 heterocycles. The number of hydrogen-bond donors (Lipinski definition) is 1. The zero-order valence-corrected chi connectivity index (χ0v) is 19.9. The normalized spacial score (nSPS) is 14.5. The van der Waals surface area contributed by atoms with Gasteiger partial charge in [-0.3, -0.25) is 0 Å². The largest absolute Gasteiger partial charge is 0.395 e. The van der Waals surface area contributed by atoms with Crippen molar-refractivity contribution in [3.05, 3.63) is 68.8 Å². The summed E-state index contributed by atoms with van der Waals surface area (Å²) in [5, 5.41) is 11.2. The van der Waals surface area contributed by atoms with Crippen molar-refractivity contribution in [3.63, 3.8) is 0 Å². The van der Waals surface area contributed by atoms with Gasteiger partial charge in [0.25, 0.3) is 0 Å². The molecule has 0 amide bonds. The molecule has 1 N–H and O–H groups in total. The SMILES string of the molecule is [C-]#[N+]/C(=C\c1cc2c(s1)-c1sc(N(C)CCO)cc1C2(C)C)c1nc2ccccc2s1. The second-order valence-electron chi connectivity index (χ2n) is 8.12. The Labute approximate surface area is 193 Å². The molecule has 3 aromatic heterocycles. The van der Waals surface area contributed by atoms with E-state index in [2.05, 4.69) is 40.7 Å². The zero-order chi connectivity index (χ0) is 21.8. The Morgan fingerprint density at radius 1 is 1.16 bits per heavy atom. The fraction of sp³-hybridized carbons (Fsp3) is 0.250. The number of fused-ring (bicyclic) bond motifs is 4. The highest BCUT2D eigenvalue weighted by Gasteiger charge is 2.39. The molecule has 0 saturated heterocycles. The minimum Gasteiger partial charge on any atom is -0.395 e. The quantitative estimate of drug-likeness (QED) is 0.340. The fourth-order valence-corrected chi connectivity index (χ4v) is 7.62. The summed E-state index contributed by atoms with van der Waals surface area (Å²) in [6, 6.07) is 12.5. The van der Waals surface area contributed by atoms with E-state index in [0.717, 1.165) is 20.1 Å². The Hall–Kier alpha value is -2.50. The molecule has 5 rings (SSSR count). The van der Waals surface area contributed by atoms with Gasteiger partial charge in [-0.25, -0.2) is 9.83 Å². The van der Waals surface area contributed by atoms with Gasteiger partial charge in [0.15, 0.2) is 0 Å². The molecular formula is C24H21N3OS3. The number of likely N-dealkylation sites (N-methyl/N-ethyl adjacent to an activating group) is 1. The van der Waals surface area contributed by atoms with Crippen LogP contribution in [0.5, 0.6) is 0 Å². The molecule has 156 valence electrons. The smallest absolute Gasteiger partial charge is 0.223 e. The van der Waals surface area contributed by atoms with Crippen molar-refractivity contribution in [2.75, 3.05) is 25.1 Å². The second kappa shape index (κ2) is 7.57. The molecule has 0 radical (unpaired) electrons. The van der Waals surface area contributed by atoms with Crippen molar-refractivity contribution < 1.29 is 5.11 Å². The first-order chi connectivity index (χ1) is 14.9. The van der Waals surface area contributed by atoms with Gasteiger partial charge in [-0.15, -0.1) is 34.0 Å². The predicted octanol–water partition coefficient (Wildman–Crippen LogP) is 6.57. The molecule has 0 aliphatic heterocycles. The molecule has 0 spiro atoms. The number of benzene rings is 1. The first-order valence-corrected chi connectivity index (χ1v) is 12.4. The van der Waals surface area contributed by atoms with Crippen molar-refractivity contribution in [1.82, 2.24) is 4.98 Å². The molecule has 1 aromatic carbocycles. The molecule has 31 heavy (non-hydrogen) atoms. The van der Waals surface area contributed by atoms with Gasteiger partial charge < -0.3 is 10.0 Å². The lowest BCUT2D eigenvalue weighted by Crippen LogP contribution is -2.20. The maximum Gasteiger partial charge on any atom is 0.223 e. The lowest BCUT2D eigenvalue weighted by atomic mass is 9.84. The molecule has 0 bridgehead atoms. The van der Waals surface area contributed by atoms with Crippen molar-refractivity contribution in [2.45, 2.75) is 19.3 Å². The number of aliphatic hydroxyl groups excluding tert-OH is 1. The van der Waals surface area contributed by atoms with Crippen LogP contribution in [0.2, 0.25) is 0 Å². The average molecular weight is 464 g/mol. The zero-order valence-electron chi connectivity index (χ0n) is 17.5. The molecule has 0 unspecified atom stereocenters. The summed E-state index contributed by atoms with van der Waals surface area (Å²) < 4.78 is 1.10. The van der Waals surface area contributed by atoms with Crippen molar-refractivity contribution in [3.8, 4) is 9.75 Å². The topological polar surface area (TPSA) is 40.7 Å². The Balaban J connectivity index is 1.55. The number of nitrogens with zero attached hydrogens (tertiary/aromatic N) is 3. The first-order valence-electron chi connectivity index (χ1n) is 9.98. The van der Waals surface area contributed by atoms with Crippen LogP contribution in [-0.2, 0) is 5.41 Å². The average Bonchev–Trinajstić information content (AvgIpc) is 3.49. The first kappa shape index (κ1) is 20.4. The summed E-state index contributed by atoms with van der Waals surface area (Å²) in [7, 11) is 2.02. The maximum absolute atomic E-state index is 9.29. The highest BCUT2D eigenvalue weighted by molar-refractivity contribution is 7.25. The molecular weight excluding hydrogens is 442 g/mol. The summed E-state index contributed by atoms with van der Waals surface area (Å²) in [5.41, 5.74) is 4.14. The van der Waals surface area contributed by atoms with Crippen LogP contribution in [-0.4, -0.2) is 30.3 Å². The van der Waals surface area contributed by atoms with E-state index in [-0.39, 0.29) is 12.0 Å². The second-order valence-corrected chi connectivity index (χ2v) is 11.3. The fourth-order valence-electron chi connectivity index (χ4n) is 3.98. The molecule has 7 heteroatoms. The molecule has 0 atom stereocenters. The number of aromatic nitrogens is 1. The van der Waals surface area contributed by atoms with Gasteiger partial charge in [-0.05, 0) is 41.5 Å². The minimum absolute atomic E-state index is 0.0732. The Morgan fingerprint density at radius 2 is 1.90 bits per heavy atom. The molecule has 0 saturated carbocycles. The van der Waals surface area contributed by atoms with Crippen LogP contribution >= 0.6 is 34.0 Å². The highest BCUT2D eigenvalue weighted by atomic mass is 32.1. The van der Waals surface area contributed by atoms with Crippen LogP contribution in [0.15, 0.2) is 36.4 Å². The van der Waals surface area contributed by atoms with Gasteiger partial charge in [0.1, 0.15) is 5.01 Å². The molecule has 4 nitrogen and oxygen atoms in total. The van der Waals surface area contributed by atoms with Gasteiger partial charge in [0.05, 0.1) is 33.3 Å². The molecule has 1 aliphatic rings. The van der Waals surface area contributed by atoms with E-state index >= 15 is 0 Å². The number of anilines is 1. The van der Waals surface area contributed by atoms with E-state index in [9.17, 15) is 5.11 Å². The van der Waals surface area contributed by atoms with Crippen molar-refractivity contribution in [2.24, 2.45) is 0 Å². The molecule has 4 aromatic rings. The number of hydrogen-bond acceptors (Lipinski definition) is 6. The number of thiophene rings is 2. The van der Waals surface area contributed by atoms with Crippen LogP contribution in [0.1, 0.15) is 34.9 Å². The number of rotatable bonds is 5. The Bertz CT molecular complexity index is 1330. The number of para-hydroxylation sites is 1. The number of thiazole rings is 1. The van der Waals surface area contributed by atoms with Gasteiger partial charge in [-0.1, -0.05) is 26.0 Å². The predicted molar refractivity (Wildman–Crippen MR) is 134 cm³/mol. The lowest BCUT2D eigenvalue weighted by Gasteiger charge is -2.20. The molecule has 0 fully saturated rings. The van der Waals surface area contributed by atoms with E-state index in [0.29, 0.717) is 12.2 Å². The summed E-state index contributed by atoms with van der Waals surface area (Å²) in [5.74, 6) is 0. The van der Waals surface area contributed by atoms with E-state index < -0.39 is 0 Å². The van der Waals surface area contributed by atoms with E-state index in [1.807, 2.05) is 37.4 Å². The van der Waals surface area contributed by atoms with Crippen molar-refractivity contribution in [1.29, 1.82) is 0 Å². The van der Waals surface area contributed by atoms with Crippen molar-refractivity contribution >= 4 is 61.0 Å². The monoisotopic (exact) mass is 463 g/mol. The van der Waals surface area contributed by atoms with Crippen LogP contribution in [0, 0.1) is 6.57 Å². The maximum atomic E-state index is 9.29. The minimum atomic E-state index is -0.0732. The molecule has 1 aliphatic carbocycles. The highest BCUT2D eigenvalue weighted by Crippen LogP contribution is 2.57. The lowest BCUT2D eigenvalue weighted by molar-refractivity contribution is 0.304. The Morgan fingerprint density at radius 3 is 2.65 bits per heavy atom.